The molecule has 0 spiro atoms. The first-order chi connectivity index (χ1) is 3.12. The Morgan fingerprint density at radius 1 is 1.25 bits per heavy atom. The van der Waals surface area contributed by atoms with Crippen LogP contribution in [-0.2, 0) is 0 Å². The summed E-state index contributed by atoms with van der Waals surface area (Å²) < 4.78 is 0.139. The second kappa shape index (κ2) is 4.52. The minimum absolute atomic E-state index is 0. The van der Waals surface area contributed by atoms with Crippen molar-refractivity contribution in [2.24, 2.45) is 0 Å². The number of hydrogen-bond donors (Lipinski definition) is 1. The van der Waals surface area contributed by atoms with Gasteiger partial charge < -0.3 is 24.0 Å². The molecule has 8 heavy (non-hydrogen) atoms. The highest BCUT2D eigenvalue weighted by molar-refractivity contribution is 4.10. The summed E-state index contributed by atoms with van der Waals surface area (Å²) in [5.74, 6) is 0. The van der Waals surface area contributed by atoms with Crippen molar-refractivity contribution in [3.63, 3.8) is 0 Å². The molecule has 0 aliphatic heterocycles. The molecule has 1 N–H and O–H groups in total. The van der Waals surface area contributed by atoms with Gasteiger partial charge in [-0.2, -0.15) is 4.65 Å². The molecule has 0 aromatic carbocycles. The van der Waals surface area contributed by atoms with Gasteiger partial charge in [0.05, 0.1) is 7.05 Å². The SMILES string of the molecule is CC[N+](C)(O)CC.[I-]. The molecule has 0 unspecified atom stereocenters. The Morgan fingerprint density at radius 3 is 1.50 bits per heavy atom. The Labute approximate surface area is 68.1 Å². The molecule has 0 atom stereocenters. The van der Waals surface area contributed by atoms with E-state index in [-0.39, 0.29) is 28.6 Å². The van der Waals surface area contributed by atoms with Gasteiger partial charge in [-0.05, 0) is 13.8 Å². The van der Waals surface area contributed by atoms with Gasteiger partial charge in [0.1, 0.15) is 13.1 Å². The van der Waals surface area contributed by atoms with E-state index in [1.54, 1.807) is 7.05 Å². The van der Waals surface area contributed by atoms with Crippen molar-refractivity contribution in [2.45, 2.75) is 13.8 Å². The summed E-state index contributed by atoms with van der Waals surface area (Å²) in [6.45, 7) is 5.50. The summed E-state index contributed by atoms with van der Waals surface area (Å²) in [5, 5.41) is 9.07. The maximum absolute atomic E-state index is 9.07. The van der Waals surface area contributed by atoms with Crippen molar-refractivity contribution < 1.29 is 33.8 Å². The molecule has 0 bridgehead atoms. The Morgan fingerprint density at radius 2 is 1.50 bits per heavy atom. The predicted octanol–water partition coefficient (Wildman–Crippen LogP) is -2.13. The van der Waals surface area contributed by atoms with E-state index in [1.807, 2.05) is 13.8 Å². The highest BCUT2D eigenvalue weighted by Crippen LogP contribution is 1.90. The van der Waals surface area contributed by atoms with Crippen LogP contribution in [0.5, 0.6) is 0 Å². The van der Waals surface area contributed by atoms with Crippen LogP contribution in [0, 0.1) is 0 Å². The van der Waals surface area contributed by atoms with E-state index in [2.05, 4.69) is 0 Å². The van der Waals surface area contributed by atoms with Crippen LogP contribution >= 0.6 is 0 Å². The lowest BCUT2D eigenvalue weighted by Gasteiger charge is -2.20. The minimum Gasteiger partial charge on any atom is -1.00 e. The zero-order valence-electron chi connectivity index (χ0n) is 5.69. The van der Waals surface area contributed by atoms with Gasteiger partial charge in [-0.1, -0.05) is 0 Å². The van der Waals surface area contributed by atoms with Crippen LogP contribution in [0.2, 0.25) is 0 Å². The van der Waals surface area contributed by atoms with Crippen molar-refractivity contribution in [1.82, 2.24) is 0 Å². The molecule has 52 valence electrons. The number of hydroxylamine groups is 3. The lowest BCUT2D eigenvalue weighted by Crippen LogP contribution is -3.00. The fourth-order valence-electron chi connectivity index (χ4n) is 0.224. The largest absolute Gasteiger partial charge is 1.00 e. The predicted molar refractivity (Wildman–Crippen MR) is 29.1 cm³/mol. The first-order valence-corrected chi connectivity index (χ1v) is 2.69. The lowest BCUT2D eigenvalue weighted by atomic mass is 10.6. The van der Waals surface area contributed by atoms with Crippen LogP contribution < -0.4 is 24.0 Å². The van der Waals surface area contributed by atoms with Gasteiger partial charge in [0, 0.05) is 0 Å². The molecule has 0 aromatic heterocycles. The molecule has 0 heterocycles. The van der Waals surface area contributed by atoms with Gasteiger partial charge >= 0.3 is 0 Å². The third kappa shape index (κ3) is 4.80. The molecule has 0 aliphatic rings. The van der Waals surface area contributed by atoms with E-state index in [0.29, 0.717) is 0 Å². The van der Waals surface area contributed by atoms with E-state index in [9.17, 15) is 0 Å². The maximum Gasteiger partial charge on any atom is 0.106 e. The molecule has 0 aromatic rings. The second-order valence-electron chi connectivity index (χ2n) is 1.97. The van der Waals surface area contributed by atoms with Crippen molar-refractivity contribution in [2.75, 3.05) is 20.1 Å². The summed E-state index contributed by atoms with van der Waals surface area (Å²) in [6, 6.07) is 0. The first kappa shape index (κ1) is 11.4. The fraction of sp³-hybridized carbons (Fsp3) is 1.00. The topological polar surface area (TPSA) is 20.2 Å². The normalized spacial score (nSPS) is 10.5. The Bertz CT molecular complexity index is 50.4. The van der Waals surface area contributed by atoms with Crippen molar-refractivity contribution in [3.05, 3.63) is 0 Å². The summed E-state index contributed by atoms with van der Waals surface area (Å²) in [7, 11) is 1.79. The van der Waals surface area contributed by atoms with Crippen LogP contribution in [0.4, 0.5) is 0 Å². The van der Waals surface area contributed by atoms with Gasteiger partial charge in [0.15, 0.2) is 0 Å². The Hall–Kier alpha value is 0.650. The zero-order valence-corrected chi connectivity index (χ0v) is 7.84. The van der Waals surface area contributed by atoms with Crippen molar-refractivity contribution in [1.29, 1.82) is 0 Å². The van der Waals surface area contributed by atoms with E-state index >= 15 is 0 Å². The van der Waals surface area contributed by atoms with Gasteiger partial charge in [-0.15, -0.1) is 0 Å². The van der Waals surface area contributed by atoms with E-state index in [0.717, 1.165) is 13.1 Å². The molecular formula is C5H14INO. The van der Waals surface area contributed by atoms with Crippen LogP contribution in [0.1, 0.15) is 13.8 Å². The van der Waals surface area contributed by atoms with Gasteiger partial charge in [0.25, 0.3) is 0 Å². The number of hydrogen-bond acceptors (Lipinski definition) is 1. The summed E-state index contributed by atoms with van der Waals surface area (Å²) >= 11 is 0. The smallest absolute Gasteiger partial charge is 0.106 e. The minimum atomic E-state index is 0. The van der Waals surface area contributed by atoms with E-state index < -0.39 is 0 Å². The summed E-state index contributed by atoms with van der Waals surface area (Å²) in [5.41, 5.74) is 0. The molecule has 2 nitrogen and oxygen atoms in total. The van der Waals surface area contributed by atoms with Crippen LogP contribution in [0.25, 0.3) is 0 Å². The highest BCUT2D eigenvalue weighted by atomic mass is 127. The quantitative estimate of drug-likeness (QED) is 0.327. The Kier molecular flexibility index (Phi) is 6.47. The molecule has 0 radical (unpaired) electrons. The van der Waals surface area contributed by atoms with Crippen molar-refractivity contribution in [3.8, 4) is 0 Å². The number of nitrogens with zero attached hydrogens (tertiary/aromatic N) is 1. The number of quaternary nitrogens is 1. The second-order valence-corrected chi connectivity index (χ2v) is 1.97. The third-order valence-electron chi connectivity index (χ3n) is 1.36. The van der Waals surface area contributed by atoms with E-state index in [1.165, 1.54) is 0 Å². The highest BCUT2D eigenvalue weighted by Gasteiger charge is 2.09. The van der Waals surface area contributed by atoms with Gasteiger partial charge in [-0.3, -0.25) is 0 Å². The van der Waals surface area contributed by atoms with Crippen LogP contribution in [-0.4, -0.2) is 30.0 Å². The molecule has 3 heteroatoms. The molecule has 0 aliphatic carbocycles. The molecule has 0 amide bonds. The lowest BCUT2D eigenvalue weighted by molar-refractivity contribution is -1.08. The van der Waals surface area contributed by atoms with E-state index in [4.69, 9.17) is 5.21 Å². The molecule has 0 saturated carbocycles. The number of halogens is 1. The van der Waals surface area contributed by atoms with Gasteiger partial charge in [0.2, 0.25) is 0 Å². The zero-order chi connectivity index (χ0) is 5.91. The van der Waals surface area contributed by atoms with Crippen LogP contribution in [0.3, 0.4) is 0 Å². The summed E-state index contributed by atoms with van der Waals surface area (Å²) in [4.78, 5) is 0. The third-order valence-corrected chi connectivity index (χ3v) is 1.36. The molecular weight excluding hydrogens is 217 g/mol. The van der Waals surface area contributed by atoms with Gasteiger partial charge in [-0.25, -0.2) is 5.21 Å². The average Bonchev–Trinajstić information content (AvgIpc) is 1.68. The average molecular weight is 231 g/mol. The van der Waals surface area contributed by atoms with Crippen LogP contribution in [0.15, 0.2) is 0 Å². The Balaban J connectivity index is 0. The molecule has 0 fully saturated rings. The number of rotatable bonds is 2. The maximum atomic E-state index is 9.07. The van der Waals surface area contributed by atoms with Crippen molar-refractivity contribution >= 4 is 0 Å². The summed E-state index contributed by atoms with van der Waals surface area (Å²) in [6.07, 6.45) is 0. The molecule has 0 saturated heterocycles. The fourth-order valence-corrected chi connectivity index (χ4v) is 0.224. The monoisotopic (exact) mass is 231 g/mol. The molecule has 0 rings (SSSR count). The standard InChI is InChI=1S/C5H14NO.HI/c1-4-6(3,7)5-2;/h7H,4-5H2,1-3H3;1H/q+1;/p-1. The first-order valence-electron chi connectivity index (χ1n) is 2.69.